The van der Waals surface area contributed by atoms with Gasteiger partial charge in [0.25, 0.3) is 0 Å². The molecule has 3 saturated heterocycles. The van der Waals surface area contributed by atoms with Crippen molar-refractivity contribution in [3.05, 3.63) is 11.6 Å². The maximum Gasteiger partial charge on any atom is 0.410 e. The molecule has 5 aliphatic rings. The number of methoxy groups -OCH3 is 1. The second-order valence-corrected chi connectivity index (χ2v) is 11.0. The Morgan fingerprint density at radius 3 is 2.52 bits per heavy atom. The number of hydrogen-bond acceptors (Lipinski definition) is 6. The molecule has 2 aliphatic carbocycles. The van der Waals surface area contributed by atoms with Crippen LogP contribution in [0.5, 0.6) is 0 Å². The lowest BCUT2D eigenvalue weighted by Gasteiger charge is -2.43. The fourth-order valence-corrected chi connectivity index (χ4v) is 6.63. The number of epoxide rings is 2. The number of likely N-dealkylation sites (tertiary alicyclic amines) is 1. The van der Waals surface area contributed by atoms with E-state index in [-0.39, 0.29) is 65.2 Å². The van der Waals surface area contributed by atoms with Crippen LogP contribution in [0.15, 0.2) is 11.6 Å². The Balaban J connectivity index is 1.22. The number of allylic oxidation sites excluding steroid dienone is 1. The predicted octanol–water partition coefficient (Wildman–Crippen LogP) is 2.51. The molecule has 0 aromatic rings. The second-order valence-electron chi connectivity index (χ2n) is 11.0. The number of carbonyl (C=O) groups excluding carboxylic acids is 2. The van der Waals surface area contributed by atoms with E-state index in [2.05, 4.69) is 32.2 Å². The summed E-state index contributed by atoms with van der Waals surface area (Å²) in [5.41, 5.74) is 0.707. The van der Waals surface area contributed by atoms with Gasteiger partial charge in [-0.25, -0.2) is 4.79 Å². The number of carbonyl (C=O) groups is 2. The lowest BCUT2D eigenvalue weighted by Crippen LogP contribution is -2.56. The normalized spacial score (nSPS) is 44.8. The minimum absolute atomic E-state index is 0.0196. The summed E-state index contributed by atoms with van der Waals surface area (Å²) in [6, 6.07) is 0. The minimum atomic E-state index is -0.344. The molecule has 1 spiro atoms. The number of amides is 2. The van der Waals surface area contributed by atoms with Crippen molar-refractivity contribution in [2.45, 2.75) is 76.5 Å². The first-order chi connectivity index (χ1) is 15.7. The van der Waals surface area contributed by atoms with Crippen LogP contribution < -0.4 is 5.32 Å². The van der Waals surface area contributed by atoms with Crippen LogP contribution >= 0.6 is 0 Å². The summed E-state index contributed by atoms with van der Waals surface area (Å²) < 4.78 is 24.2. The molecule has 5 rings (SSSR count). The molecule has 8 heteroatoms. The molecule has 8 nitrogen and oxygen atoms in total. The topological polar surface area (TPSA) is 92.9 Å². The Morgan fingerprint density at radius 2 is 1.94 bits per heavy atom. The standard InChI is InChI=1S/C25H38N2O6/c1-6-26-22(28)19-15-11-27(12-16(15)19)23(29)32-17-9-10-25(13-31-25)21(20(17)30-5)24(4)18(33-24)8-7-14(2)3/h7,15-21H,6,8-13H2,1-5H3,(H,26,28)/t15-,16+,17-,18-,19?,20-,21?,24+,25+/m1/s1. The second kappa shape index (κ2) is 8.24. The Bertz CT molecular complexity index is 825. The van der Waals surface area contributed by atoms with Crippen molar-refractivity contribution in [3.63, 3.8) is 0 Å². The van der Waals surface area contributed by atoms with Gasteiger partial charge in [-0.3, -0.25) is 4.79 Å². The number of ether oxygens (including phenoxy) is 4. The van der Waals surface area contributed by atoms with E-state index in [1.54, 1.807) is 12.0 Å². The third-order valence-electron chi connectivity index (χ3n) is 8.60. The van der Waals surface area contributed by atoms with Crippen molar-refractivity contribution in [1.82, 2.24) is 10.2 Å². The first-order valence-corrected chi connectivity index (χ1v) is 12.4. The minimum Gasteiger partial charge on any atom is -0.443 e. The number of rotatable bonds is 7. The molecule has 2 unspecified atom stereocenters. The zero-order valence-corrected chi connectivity index (χ0v) is 20.5. The van der Waals surface area contributed by atoms with Crippen LogP contribution in [0.2, 0.25) is 0 Å². The van der Waals surface area contributed by atoms with Gasteiger partial charge in [0.15, 0.2) is 0 Å². The van der Waals surface area contributed by atoms with Gasteiger partial charge in [-0.1, -0.05) is 11.6 Å². The van der Waals surface area contributed by atoms with Gasteiger partial charge in [-0.05, 0) is 58.8 Å². The van der Waals surface area contributed by atoms with Gasteiger partial charge < -0.3 is 29.2 Å². The monoisotopic (exact) mass is 462 g/mol. The van der Waals surface area contributed by atoms with Crippen LogP contribution in [-0.4, -0.2) is 79.8 Å². The summed E-state index contributed by atoms with van der Waals surface area (Å²) >= 11 is 0. The Kier molecular flexibility index (Phi) is 5.77. The van der Waals surface area contributed by atoms with Crippen LogP contribution in [0.4, 0.5) is 4.79 Å². The molecular weight excluding hydrogens is 424 g/mol. The fraction of sp³-hybridized carbons (Fsp3) is 0.840. The van der Waals surface area contributed by atoms with Crippen molar-refractivity contribution >= 4 is 12.0 Å². The summed E-state index contributed by atoms with van der Waals surface area (Å²) in [5, 5.41) is 2.90. The van der Waals surface area contributed by atoms with Gasteiger partial charge in [0.2, 0.25) is 5.91 Å². The van der Waals surface area contributed by atoms with E-state index in [1.807, 2.05) is 6.92 Å². The zero-order valence-electron chi connectivity index (χ0n) is 20.5. The predicted molar refractivity (Wildman–Crippen MR) is 121 cm³/mol. The Labute approximate surface area is 196 Å². The van der Waals surface area contributed by atoms with E-state index in [0.29, 0.717) is 26.2 Å². The molecule has 0 radical (unpaired) electrons. The highest BCUT2D eigenvalue weighted by atomic mass is 16.6. The molecule has 3 heterocycles. The van der Waals surface area contributed by atoms with E-state index in [9.17, 15) is 9.59 Å². The van der Waals surface area contributed by atoms with Crippen molar-refractivity contribution in [1.29, 1.82) is 0 Å². The van der Waals surface area contributed by atoms with Gasteiger partial charge in [0.1, 0.15) is 23.4 Å². The lowest BCUT2D eigenvalue weighted by atomic mass is 9.68. The fourth-order valence-electron chi connectivity index (χ4n) is 6.63. The van der Waals surface area contributed by atoms with Crippen LogP contribution in [0.25, 0.3) is 0 Å². The molecule has 2 amide bonds. The highest BCUT2D eigenvalue weighted by Crippen LogP contribution is 2.60. The molecule has 33 heavy (non-hydrogen) atoms. The van der Waals surface area contributed by atoms with E-state index in [0.717, 1.165) is 19.3 Å². The highest BCUT2D eigenvalue weighted by molar-refractivity contribution is 5.83. The van der Waals surface area contributed by atoms with Crippen molar-refractivity contribution in [3.8, 4) is 0 Å². The Morgan fingerprint density at radius 1 is 1.24 bits per heavy atom. The van der Waals surface area contributed by atoms with Crippen molar-refractivity contribution in [2.24, 2.45) is 23.7 Å². The molecular formula is C25H38N2O6. The van der Waals surface area contributed by atoms with E-state index in [4.69, 9.17) is 18.9 Å². The maximum absolute atomic E-state index is 13.0. The number of nitrogens with zero attached hydrogens (tertiary/aromatic N) is 1. The summed E-state index contributed by atoms with van der Waals surface area (Å²) in [5.74, 6) is 0.714. The first-order valence-electron chi connectivity index (χ1n) is 12.4. The number of hydrogen-bond donors (Lipinski definition) is 1. The van der Waals surface area contributed by atoms with Crippen molar-refractivity contribution in [2.75, 3.05) is 33.4 Å². The average molecular weight is 463 g/mol. The smallest absolute Gasteiger partial charge is 0.410 e. The summed E-state index contributed by atoms with van der Waals surface area (Å²) in [6.45, 7) is 10.8. The number of nitrogens with one attached hydrogen (secondary N) is 1. The van der Waals surface area contributed by atoms with Gasteiger partial charge >= 0.3 is 6.09 Å². The van der Waals surface area contributed by atoms with Crippen LogP contribution in [-0.2, 0) is 23.7 Å². The van der Waals surface area contributed by atoms with Crippen LogP contribution in [0.3, 0.4) is 0 Å². The Hall–Kier alpha value is -1.64. The highest BCUT2D eigenvalue weighted by Gasteiger charge is 2.72. The molecule has 1 N–H and O–H groups in total. The molecule has 184 valence electrons. The molecule has 3 aliphatic heterocycles. The lowest BCUT2D eigenvalue weighted by molar-refractivity contribution is -0.124. The zero-order chi connectivity index (χ0) is 23.5. The number of piperidine rings is 1. The van der Waals surface area contributed by atoms with E-state index >= 15 is 0 Å². The van der Waals surface area contributed by atoms with Gasteiger partial charge in [-0.2, -0.15) is 0 Å². The van der Waals surface area contributed by atoms with E-state index in [1.165, 1.54) is 5.57 Å². The van der Waals surface area contributed by atoms with Gasteiger partial charge in [0, 0.05) is 32.7 Å². The molecule has 5 fully saturated rings. The third kappa shape index (κ3) is 3.98. The maximum atomic E-state index is 13.0. The first kappa shape index (κ1) is 23.1. The SMILES string of the molecule is CCNC(=O)C1[C@H]2CN(C(=O)O[C@@H]3CC[C@]4(CO4)C([C@@]4(C)O[C@@H]4CC=C(C)C)[C@@H]3OC)C[C@@H]12. The van der Waals surface area contributed by atoms with Gasteiger partial charge in [0.05, 0.1) is 18.6 Å². The summed E-state index contributed by atoms with van der Waals surface area (Å²) in [7, 11) is 1.69. The molecule has 0 bridgehead atoms. The molecule has 9 atom stereocenters. The average Bonchev–Trinajstić information content (AvgIpc) is 3.73. The van der Waals surface area contributed by atoms with Crippen LogP contribution in [0.1, 0.15) is 47.0 Å². The van der Waals surface area contributed by atoms with E-state index < -0.39 is 0 Å². The third-order valence-corrected chi connectivity index (χ3v) is 8.60. The number of fused-ring (bicyclic) bond motifs is 1. The summed E-state index contributed by atoms with van der Waals surface area (Å²) in [4.78, 5) is 26.9. The molecule has 0 aromatic carbocycles. The van der Waals surface area contributed by atoms with Crippen LogP contribution in [0, 0.1) is 23.7 Å². The summed E-state index contributed by atoms with van der Waals surface area (Å²) in [6.07, 6.45) is 3.88. The largest absolute Gasteiger partial charge is 0.443 e. The molecule has 2 saturated carbocycles. The molecule has 0 aromatic heterocycles. The van der Waals surface area contributed by atoms with Gasteiger partial charge in [-0.15, -0.1) is 0 Å². The quantitative estimate of drug-likeness (QED) is 0.462. The van der Waals surface area contributed by atoms with Crippen molar-refractivity contribution < 1.29 is 28.5 Å².